The molecule has 1 aliphatic carbocycles. The summed E-state index contributed by atoms with van der Waals surface area (Å²) in [7, 11) is 0. The van der Waals surface area contributed by atoms with Crippen molar-refractivity contribution in [3.63, 3.8) is 0 Å². The van der Waals surface area contributed by atoms with Crippen LogP contribution in [0.3, 0.4) is 0 Å². The van der Waals surface area contributed by atoms with Crippen LogP contribution in [-0.2, 0) is 0 Å². The maximum Gasteiger partial charge on any atom is 0.250 e. The Hall–Kier alpha value is -1.99. The molecular weight excluding hydrogens is 322 g/mol. The summed E-state index contributed by atoms with van der Waals surface area (Å²) >= 11 is 5.24. The number of rotatable bonds is 6. The Bertz CT molecular complexity index is 646. The molecular formula is C17H25N5OS. The maximum absolute atomic E-state index is 11.6. The highest BCUT2D eigenvalue weighted by Crippen LogP contribution is 2.25. The molecule has 1 saturated carbocycles. The Kier molecular flexibility index (Phi) is 6.28. The van der Waals surface area contributed by atoms with Crippen LogP contribution in [-0.4, -0.2) is 28.7 Å². The number of amides is 1. The lowest BCUT2D eigenvalue weighted by Crippen LogP contribution is -2.42. The Labute approximate surface area is 147 Å². The molecule has 1 aliphatic rings. The van der Waals surface area contributed by atoms with E-state index < -0.39 is 5.91 Å². The van der Waals surface area contributed by atoms with Crippen molar-refractivity contribution < 1.29 is 4.79 Å². The van der Waals surface area contributed by atoms with Crippen LogP contribution in [0.5, 0.6) is 0 Å². The largest absolute Gasteiger partial charge is 0.381 e. The standard InChI is InChI=1S/C17H25N5OS/c1-10(18)8-16(24)22-15-9-11(6-7-12(15)17(20)23)21-14-5-3-2-4-13(14)19/h6-7,9,13-14,18,21H,2-5,8,19H2,1H3,(H2,20,23)(H,22,24). The fraction of sp³-hybridized carbons (Fsp3) is 0.471. The molecule has 0 aromatic heterocycles. The van der Waals surface area contributed by atoms with Gasteiger partial charge in [0.1, 0.15) is 0 Å². The third kappa shape index (κ3) is 5.01. The van der Waals surface area contributed by atoms with Crippen LogP contribution in [0.15, 0.2) is 18.2 Å². The number of nitrogens with one attached hydrogen (secondary N) is 3. The van der Waals surface area contributed by atoms with Crippen molar-refractivity contribution in [3.05, 3.63) is 23.8 Å². The topological polar surface area (TPSA) is 117 Å². The van der Waals surface area contributed by atoms with Crippen molar-refractivity contribution in [2.45, 2.75) is 51.1 Å². The summed E-state index contributed by atoms with van der Waals surface area (Å²) in [4.78, 5) is 12.1. The number of benzene rings is 1. The molecule has 2 rings (SSSR count). The van der Waals surface area contributed by atoms with Gasteiger partial charge in [-0.3, -0.25) is 4.79 Å². The first kappa shape index (κ1) is 18.4. The van der Waals surface area contributed by atoms with Crippen LogP contribution in [0.1, 0.15) is 49.4 Å². The second-order valence-corrected chi connectivity index (χ2v) is 6.82. The monoisotopic (exact) mass is 347 g/mol. The van der Waals surface area contributed by atoms with Crippen LogP contribution in [0.2, 0.25) is 0 Å². The fourth-order valence-electron chi connectivity index (χ4n) is 2.94. The molecule has 6 nitrogen and oxygen atoms in total. The van der Waals surface area contributed by atoms with E-state index in [1.807, 2.05) is 12.1 Å². The number of primary amides is 1. The highest BCUT2D eigenvalue weighted by molar-refractivity contribution is 7.80. The summed E-state index contributed by atoms with van der Waals surface area (Å²) in [6.07, 6.45) is 4.74. The van der Waals surface area contributed by atoms with Crippen molar-refractivity contribution in [1.82, 2.24) is 0 Å². The minimum absolute atomic E-state index is 0.132. The van der Waals surface area contributed by atoms with Crippen molar-refractivity contribution in [2.75, 3.05) is 10.6 Å². The smallest absolute Gasteiger partial charge is 0.250 e. The second-order valence-electron chi connectivity index (χ2n) is 6.33. The summed E-state index contributed by atoms with van der Waals surface area (Å²) in [5.41, 5.74) is 13.9. The minimum Gasteiger partial charge on any atom is -0.381 e. The number of nitrogens with two attached hydrogens (primary N) is 2. The summed E-state index contributed by atoms with van der Waals surface area (Å²) in [5, 5.41) is 14.0. The predicted molar refractivity (Wildman–Crippen MR) is 103 cm³/mol. The van der Waals surface area contributed by atoms with Gasteiger partial charge >= 0.3 is 0 Å². The first-order valence-electron chi connectivity index (χ1n) is 8.16. The van der Waals surface area contributed by atoms with Gasteiger partial charge < -0.3 is 27.5 Å². The molecule has 1 aromatic rings. The van der Waals surface area contributed by atoms with Gasteiger partial charge in [-0.15, -0.1) is 0 Å². The molecule has 0 heterocycles. The highest BCUT2D eigenvalue weighted by Gasteiger charge is 2.22. The normalized spacial score (nSPS) is 20.2. The zero-order valence-electron chi connectivity index (χ0n) is 13.9. The molecule has 130 valence electrons. The first-order chi connectivity index (χ1) is 11.4. The lowest BCUT2D eigenvalue weighted by molar-refractivity contribution is 0.100. The van der Waals surface area contributed by atoms with Crippen LogP contribution in [0.4, 0.5) is 11.4 Å². The minimum atomic E-state index is -0.521. The maximum atomic E-state index is 11.6. The summed E-state index contributed by atoms with van der Waals surface area (Å²) in [6, 6.07) is 5.69. The van der Waals surface area contributed by atoms with Gasteiger partial charge in [-0.05, 0) is 38.0 Å². The third-order valence-corrected chi connectivity index (χ3v) is 4.40. The van der Waals surface area contributed by atoms with E-state index in [1.54, 1.807) is 13.0 Å². The predicted octanol–water partition coefficient (Wildman–Crippen LogP) is 2.64. The molecule has 7 heteroatoms. The molecule has 0 bridgehead atoms. The molecule has 24 heavy (non-hydrogen) atoms. The Balaban J connectivity index is 2.18. The average molecular weight is 347 g/mol. The third-order valence-electron chi connectivity index (χ3n) is 4.16. The molecule has 0 aliphatic heterocycles. The van der Waals surface area contributed by atoms with E-state index in [-0.39, 0.29) is 12.1 Å². The van der Waals surface area contributed by atoms with Gasteiger partial charge in [-0.1, -0.05) is 25.1 Å². The van der Waals surface area contributed by atoms with Gasteiger partial charge in [0.25, 0.3) is 5.91 Å². The van der Waals surface area contributed by atoms with Gasteiger partial charge in [0.15, 0.2) is 0 Å². The molecule has 1 fully saturated rings. The van der Waals surface area contributed by atoms with Crippen molar-refractivity contribution >= 4 is 40.2 Å². The molecule has 2 atom stereocenters. The van der Waals surface area contributed by atoms with Crippen molar-refractivity contribution in [3.8, 4) is 0 Å². The van der Waals surface area contributed by atoms with Crippen molar-refractivity contribution in [1.29, 1.82) is 5.41 Å². The van der Waals surface area contributed by atoms with E-state index in [1.165, 1.54) is 12.8 Å². The lowest BCUT2D eigenvalue weighted by atomic mass is 9.91. The summed E-state index contributed by atoms with van der Waals surface area (Å²) < 4.78 is 0. The van der Waals surface area contributed by atoms with Crippen LogP contribution < -0.4 is 22.1 Å². The molecule has 0 radical (unpaired) electrons. The summed E-state index contributed by atoms with van der Waals surface area (Å²) in [5.74, 6) is -0.521. The number of hydrogen-bond acceptors (Lipinski definition) is 5. The van der Waals surface area contributed by atoms with E-state index in [2.05, 4.69) is 10.6 Å². The quantitative estimate of drug-likeness (QED) is 0.400. The average Bonchev–Trinajstić information content (AvgIpc) is 2.48. The van der Waals surface area contributed by atoms with Crippen LogP contribution in [0, 0.1) is 5.41 Å². The number of carbonyl (C=O) groups is 1. The zero-order chi connectivity index (χ0) is 17.7. The van der Waals surface area contributed by atoms with Crippen LogP contribution in [0.25, 0.3) is 0 Å². The highest BCUT2D eigenvalue weighted by atomic mass is 32.1. The number of anilines is 2. The second kappa shape index (κ2) is 8.21. The van der Waals surface area contributed by atoms with E-state index in [0.717, 1.165) is 18.5 Å². The van der Waals surface area contributed by atoms with Gasteiger partial charge in [-0.25, -0.2) is 0 Å². The Morgan fingerprint density at radius 3 is 2.71 bits per heavy atom. The number of thiocarbonyl (C=S) groups is 1. The molecule has 2 unspecified atom stereocenters. The van der Waals surface area contributed by atoms with Gasteiger partial charge in [-0.2, -0.15) is 0 Å². The van der Waals surface area contributed by atoms with Gasteiger partial charge in [0.2, 0.25) is 0 Å². The van der Waals surface area contributed by atoms with Crippen LogP contribution >= 0.6 is 12.2 Å². The first-order valence-corrected chi connectivity index (χ1v) is 8.57. The molecule has 7 N–H and O–H groups in total. The van der Waals surface area contributed by atoms with E-state index >= 15 is 0 Å². The van der Waals surface area contributed by atoms with E-state index in [0.29, 0.717) is 28.4 Å². The molecule has 1 amide bonds. The lowest BCUT2D eigenvalue weighted by Gasteiger charge is -2.30. The molecule has 0 spiro atoms. The zero-order valence-corrected chi connectivity index (χ0v) is 14.7. The van der Waals surface area contributed by atoms with Crippen molar-refractivity contribution in [2.24, 2.45) is 11.5 Å². The van der Waals surface area contributed by atoms with E-state index in [9.17, 15) is 4.79 Å². The number of hydrogen-bond donors (Lipinski definition) is 5. The number of carbonyl (C=O) groups excluding carboxylic acids is 1. The van der Waals surface area contributed by atoms with Gasteiger partial charge in [0, 0.05) is 29.9 Å². The van der Waals surface area contributed by atoms with Gasteiger partial charge in [0.05, 0.1) is 16.2 Å². The fourth-order valence-corrected chi connectivity index (χ4v) is 3.27. The molecule has 1 aromatic carbocycles. The SMILES string of the molecule is CC(=N)CC(=S)Nc1cc(NC2CCCCC2N)ccc1C(N)=O. The molecule has 0 saturated heterocycles. The Morgan fingerprint density at radius 1 is 1.38 bits per heavy atom. The van der Waals surface area contributed by atoms with E-state index in [4.69, 9.17) is 29.1 Å². The summed E-state index contributed by atoms with van der Waals surface area (Å²) in [6.45, 7) is 1.69. The Morgan fingerprint density at radius 2 is 2.08 bits per heavy atom.